The highest BCUT2D eigenvalue weighted by Crippen LogP contribution is 2.45. The summed E-state index contributed by atoms with van der Waals surface area (Å²) in [6, 6.07) is 12.3. The molecule has 2 fully saturated rings. The third-order valence-electron chi connectivity index (χ3n) is 4.80. The number of benzene rings is 2. The molecule has 2 aromatic rings. The molecule has 6 nitrogen and oxygen atoms in total. The largest absolute Gasteiger partial charge is 0.455 e. The molecule has 4 rings (SSSR count). The van der Waals surface area contributed by atoms with Crippen molar-refractivity contribution in [3.8, 4) is 11.5 Å². The summed E-state index contributed by atoms with van der Waals surface area (Å²) in [4.78, 5) is 17.8. The van der Waals surface area contributed by atoms with Crippen LogP contribution in [0.15, 0.2) is 47.5 Å². The quantitative estimate of drug-likeness (QED) is 0.602. The summed E-state index contributed by atoms with van der Waals surface area (Å²) in [7, 11) is -3.19. The van der Waals surface area contributed by atoms with Crippen LogP contribution in [0.2, 0.25) is 5.02 Å². The van der Waals surface area contributed by atoms with Gasteiger partial charge in [0.05, 0.1) is 23.2 Å². The number of amides is 1. The van der Waals surface area contributed by atoms with Gasteiger partial charge in [-0.15, -0.1) is 11.6 Å². The number of aliphatic imine (C=N–C) groups is 1. The maximum atomic E-state index is 12.3. The van der Waals surface area contributed by atoms with E-state index in [0.717, 1.165) is 5.56 Å². The Balaban J connectivity index is 1.80. The first-order valence-corrected chi connectivity index (χ1v) is 12.7. The molecule has 0 radical (unpaired) electrons. The van der Waals surface area contributed by atoms with Crippen molar-refractivity contribution >= 4 is 61.6 Å². The van der Waals surface area contributed by atoms with Gasteiger partial charge in [0.15, 0.2) is 20.8 Å². The molecule has 0 aliphatic carbocycles. The van der Waals surface area contributed by atoms with Crippen LogP contribution in [0.3, 0.4) is 0 Å². The van der Waals surface area contributed by atoms with Crippen LogP contribution >= 0.6 is 35.0 Å². The number of ether oxygens (including phenoxy) is 1. The molecule has 2 heterocycles. The van der Waals surface area contributed by atoms with Gasteiger partial charge < -0.3 is 9.64 Å². The maximum absolute atomic E-state index is 12.3. The summed E-state index contributed by atoms with van der Waals surface area (Å²) >= 11 is 13.2. The van der Waals surface area contributed by atoms with Gasteiger partial charge >= 0.3 is 0 Å². The summed E-state index contributed by atoms with van der Waals surface area (Å²) < 4.78 is 30.6. The first-order chi connectivity index (χ1) is 14.3. The van der Waals surface area contributed by atoms with Gasteiger partial charge in [-0.2, -0.15) is 4.99 Å². The van der Waals surface area contributed by atoms with Crippen molar-refractivity contribution in [2.45, 2.75) is 18.2 Å². The topological polar surface area (TPSA) is 76.0 Å². The Bertz CT molecular complexity index is 1140. The minimum atomic E-state index is -3.19. The van der Waals surface area contributed by atoms with E-state index in [1.54, 1.807) is 23.1 Å². The molecule has 2 aliphatic rings. The predicted octanol–water partition coefficient (Wildman–Crippen LogP) is 4.28. The summed E-state index contributed by atoms with van der Waals surface area (Å²) in [5, 5.41) is 0.628. The summed E-state index contributed by atoms with van der Waals surface area (Å²) in [5.74, 6) is 0.373. The zero-order chi connectivity index (χ0) is 21.5. The summed E-state index contributed by atoms with van der Waals surface area (Å²) in [6.07, 6.45) is 0. The van der Waals surface area contributed by atoms with E-state index in [9.17, 15) is 13.2 Å². The second kappa shape index (κ2) is 8.42. The third-order valence-corrected chi connectivity index (χ3v) is 8.47. The van der Waals surface area contributed by atoms with Crippen molar-refractivity contribution in [1.29, 1.82) is 0 Å². The van der Waals surface area contributed by atoms with Crippen LogP contribution < -0.4 is 9.64 Å². The van der Waals surface area contributed by atoms with Gasteiger partial charge in [0, 0.05) is 10.3 Å². The Morgan fingerprint density at radius 3 is 2.80 bits per heavy atom. The molecular formula is C20H18Cl2N2O4S2. The summed E-state index contributed by atoms with van der Waals surface area (Å²) in [5.41, 5.74) is 1.60. The van der Waals surface area contributed by atoms with E-state index >= 15 is 0 Å². The minimum Gasteiger partial charge on any atom is -0.455 e. The lowest BCUT2D eigenvalue weighted by molar-refractivity contribution is -0.115. The number of rotatable bonds is 4. The molecule has 0 saturated carbocycles. The van der Waals surface area contributed by atoms with E-state index in [4.69, 9.17) is 27.9 Å². The van der Waals surface area contributed by atoms with E-state index < -0.39 is 15.7 Å². The lowest BCUT2D eigenvalue weighted by Gasteiger charge is -2.26. The maximum Gasteiger partial charge on any atom is 0.262 e. The number of nitrogens with zero attached hydrogens (tertiary/aromatic N) is 2. The van der Waals surface area contributed by atoms with E-state index in [0.29, 0.717) is 27.4 Å². The van der Waals surface area contributed by atoms with Crippen molar-refractivity contribution in [3.05, 3.63) is 53.1 Å². The minimum absolute atomic E-state index is 0.0293. The number of hydrogen-bond acceptors (Lipinski definition) is 5. The Kier molecular flexibility index (Phi) is 6.03. The van der Waals surface area contributed by atoms with Crippen molar-refractivity contribution in [1.82, 2.24) is 0 Å². The fourth-order valence-electron chi connectivity index (χ4n) is 3.55. The standard InChI is InChI=1S/C20H18Cl2N2O4S2/c1-12-3-2-4-14(7-12)28-17-6-5-13(22)8-15(17)24-16-10-30(26,27)11-18(16)29-20(24)23-19(25)9-21/h2-8,16,18H,9-11H2,1H3/t16-,18-/m0/s1. The molecule has 2 saturated heterocycles. The number of thioether (sulfide) groups is 1. The van der Waals surface area contributed by atoms with Gasteiger partial charge in [0.25, 0.3) is 5.91 Å². The fourth-order valence-corrected chi connectivity index (χ4v) is 7.70. The number of carbonyl (C=O) groups excluding carboxylic acids is 1. The number of aryl methyl sites for hydroxylation is 1. The van der Waals surface area contributed by atoms with Gasteiger partial charge in [-0.05, 0) is 42.8 Å². The molecule has 0 unspecified atom stereocenters. The van der Waals surface area contributed by atoms with E-state index in [-0.39, 0.29) is 28.7 Å². The van der Waals surface area contributed by atoms with Crippen LogP contribution in [0, 0.1) is 6.92 Å². The van der Waals surface area contributed by atoms with Crippen LogP contribution in [0.4, 0.5) is 5.69 Å². The molecule has 0 spiro atoms. The van der Waals surface area contributed by atoms with Gasteiger partial charge in [0.2, 0.25) is 0 Å². The molecule has 10 heteroatoms. The number of hydrogen-bond donors (Lipinski definition) is 0. The highest BCUT2D eigenvalue weighted by atomic mass is 35.5. The fraction of sp³-hybridized carbons (Fsp3) is 0.300. The lowest BCUT2D eigenvalue weighted by atomic mass is 10.2. The first kappa shape index (κ1) is 21.5. The van der Waals surface area contributed by atoms with Crippen LogP contribution in [0.1, 0.15) is 5.56 Å². The Morgan fingerprint density at radius 2 is 2.07 bits per heavy atom. The van der Waals surface area contributed by atoms with Crippen molar-refractivity contribution in [3.63, 3.8) is 0 Å². The molecule has 2 aromatic carbocycles. The van der Waals surface area contributed by atoms with Gasteiger partial charge in [-0.3, -0.25) is 4.79 Å². The highest BCUT2D eigenvalue weighted by molar-refractivity contribution is 8.16. The molecule has 30 heavy (non-hydrogen) atoms. The number of amidine groups is 1. The van der Waals surface area contributed by atoms with Gasteiger partial charge in [-0.1, -0.05) is 35.5 Å². The van der Waals surface area contributed by atoms with Crippen LogP contribution in [-0.2, 0) is 14.6 Å². The average Bonchev–Trinajstić information content (AvgIpc) is 3.14. The highest BCUT2D eigenvalue weighted by Gasteiger charge is 2.50. The smallest absolute Gasteiger partial charge is 0.262 e. The molecule has 2 aliphatic heterocycles. The molecule has 158 valence electrons. The van der Waals surface area contributed by atoms with E-state index in [2.05, 4.69) is 4.99 Å². The van der Waals surface area contributed by atoms with Crippen molar-refractivity contribution < 1.29 is 17.9 Å². The number of sulfone groups is 1. The SMILES string of the molecule is Cc1cccc(Oc2ccc(Cl)cc2N2C(=NC(=O)CCl)S[C@H]3CS(=O)(=O)C[C@@H]32)c1. The molecule has 0 N–H and O–H groups in total. The first-order valence-electron chi connectivity index (χ1n) is 9.13. The van der Waals surface area contributed by atoms with E-state index in [1.165, 1.54) is 11.8 Å². The van der Waals surface area contributed by atoms with Crippen molar-refractivity contribution in [2.75, 3.05) is 22.3 Å². The Morgan fingerprint density at radius 1 is 1.27 bits per heavy atom. The number of carbonyl (C=O) groups is 1. The molecule has 0 aromatic heterocycles. The average molecular weight is 485 g/mol. The number of alkyl halides is 1. The second-order valence-corrected chi connectivity index (χ2v) is 11.2. The normalized spacial score (nSPS) is 23.6. The van der Waals surface area contributed by atoms with Crippen LogP contribution in [0.5, 0.6) is 11.5 Å². The third kappa shape index (κ3) is 4.46. The molecular weight excluding hydrogens is 467 g/mol. The summed E-state index contributed by atoms with van der Waals surface area (Å²) in [6.45, 7) is 1.96. The van der Waals surface area contributed by atoms with E-state index in [1.807, 2.05) is 31.2 Å². The van der Waals surface area contributed by atoms with Crippen molar-refractivity contribution in [2.24, 2.45) is 4.99 Å². The van der Waals surface area contributed by atoms with Crippen LogP contribution in [0.25, 0.3) is 0 Å². The second-order valence-electron chi connectivity index (χ2n) is 7.12. The molecule has 2 atom stereocenters. The van der Waals surface area contributed by atoms with Gasteiger partial charge in [-0.25, -0.2) is 8.42 Å². The predicted molar refractivity (Wildman–Crippen MR) is 122 cm³/mol. The number of anilines is 1. The van der Waals surface area contributed by atoms with Gasteiger partial charge in [0.1, 0.15) is 11.6 Å². The number of halogens is 2. The monoisotopic (exact) mass is 484 g/mol. The molecule has 1 amide bonds. The Hall–Kier alpha value is -1.74. The van der Waals surface area contributed by atoms with Crippen LogP contribution in [-0.4, -0.2) is 48.2 Å². The number of fused-ring (bicyclic) bond motifs is 1. The Labute approximate surface area is 189 Å². The lowest BCUT2D eigenvalue weighted by Crippen LogP contribution is -2.38. The zero-order valence-electron chi connectivity index (χ0n) is 15.9. The zero-order valence-corrected chi connectivity index (χ0v) is 19.1. The molecule has 0 bridgehead atoms.